The summed E-state index contributed by atoms with van der Waals surface area (Å²) in [6, 6.07) is 9.54. The molecule has 3 rings (SSSR count). The quantitative estimate of drug-likeness (QED) is 0.399. The second-order valence-corrected chi connectivity index (χ2v) is 9.60. The van der Waals surface area contributed by atoms with Crippen molar-refractivity contribution in [3.8, 4) is 0 Å². The Kier molecular flexibility index (Phi) is 6.37. The number of benzene rings is 2. The van der Waals surface area contributed by atoms with Gasteiger partial charge in [0.2, 0.25) is 0 Å². The number of hydrogen-bond donors (Lipinski definition) is 2. The van der Waals surface area contributed by atoms with Crippen LogP contribution in [0.4, 0.5) is 16.5 Å². The number of thiazole rings is 1. The fourth-order valence-corrected chi connectivity index (χ4v) is 4.81. The van der Waals surface area contributed by atoms with Gasteiger partial charge in [-0.05, 0) is 50.6 Å². The molecule has 0 aliphatic heterocycles. The average molecular weight is 461 g/mol. The van der Waals surface area contributed by atoms with Gasteiger partial charge in [0, 0.05) is 27.8 Å². The molecule has 162 valence electrons. The largest absolute Gasteiger partial charge is 0.298 e. The highest BCUT2D eigenvalue weighted by molar-refractivity contribution is 7.92. The smallest absolute Gasteiger partial charge is 0.273 e. The molecule has 0 atom stereocenters. The van der Waals surface area contributed by atoms with Crippen molar-refractivity contribution in [2.24, 2.45) is 0 Å². The van der Waals surface area contributed by atoms with Gasteiger partial charge in [-0.2, -0.15) is 0 Å². The van der Waals surface area contributed by atoms with Gasteiger partial charge in [0.1, 0.15) is 0 Å². The monoisotopic (exact) mass is 460 g/mol. The molecule has 0 saturated heterocycles. The highest BCUT2D eigenvalue weighted by atomic mass is 32.2. The number of sulfonamides is 1. The summed E-state index contributed by atoms with van der Waals surface area (Å²) in [6.07, 6.45) is 0.775. The number of nitrogens with zero attached hydrogens (tertiary/aromatic N) is 2. The highest BCUT2D eigenvalue weighted by Crippen LogP contribution is 2.25. The molecular weight excluding hydrogens is 440 g/mol. The molecule has 0 aliphatic carbocycles. The van der Waals surface area contributed by atoms with Crippen molar-refractivity contribution in [1.82, 2.24) is 4.98 Å². The van der Waals surface area contributed by atoms with Crippen LogP contribution >= 0.6 is 11.3 Å². The van der Waals surface area contributed by atoms with E-state index in [0.29, 0.717) is 16.3 Å². The molecule has 0 radical (unpaired) electrons. The molecule has 0 saturated carbocycles. The Morgan fingerprint density at radius 1 is 1.16 bits per heavy atom. The molecule has 1 aromatic heterocycles. The molecule has 11 heteroatoms. The van der Waals surface area contributed by atoms with Gasteiger partial charge < -0.3 is 0 Å². The third kappa shape index (κ3) is 5.06. The molecule has 3 aromatic rings. The molecular formula is C20H20N4O5S2. The van der Waals surface area contributed by atoms with Crippen LogP contribution in [0.5, 0.6) is 0 Å². The number of nitrogens with one attached hydrogen (secondary N) is 2. The van der Waals surface area contributed by atoms with Gasteiger partial charge in [-0.15, -0.1) is 11.3 Å². The minimum Gasteiger partial charge on any atom is -0.298 e. The summed E-state index contributed by atoms with van der Waals surface area (Å²) in [7, 11) is -4.04. The minimum atomic E-state index is -4.04. The maximum atomic E-state index is 12.6. The Balaban J connectivity index is 1.74. The minimum absolute atomic E-state index is 0.221. The van der Waals surface area contributed by atoms with Crippen molar-refractivity contribution in [2.45, 2.75) is 32.1 Å². The zero-order valence-electron chi connectivity index (χ0n) is 17.0. The number of nitro groups is 1. The van der Waals surface area contributed by atoms with Crippen LogP contribution < -0.4 is 10.0 Å². The number of aryl methyl sites for hydroxylation is 3. The first-order valence-corrected chi connectivity index (χ1v) is 11.6. The summed E-state index contributed by atoms with van der Waals surface area (Å²) < 4.78 is 27.5. The fraction of sp³-hybridized carbons (Fsp3) is 0.200. The zero-order valence-corrected chi connectivity index (χ0v) is 18.6. The van der Waals surface area contributed by atoms with E-state index in [4.69, 9.17) is 0 Å². The maximum Gasteiger partial charge on any atom is 0.273 e. The Bertz CT molecular complexity index is 1250. The molecule has 31 heavy (non-hydrogen) atoms. The van der Waals surface area contributed by atoms with Crippen LogP contribution in [0.3, 0.4) is 0 Å². The average Bonchev–Trinajstić information content (AvgIpc) is 3.07. The standard InChI is InChI=1S/C20H20N4O5S2/c1-4-17-13(3)30-20(21-17)22-19(25)14-6-8-15(9-7-14)23-31(28,29)16-10-5-12(2)18(11-16)24(26)27/h5-11,23H,4H2,1-3H3,(H,21,22,25). The van der Waals surface area contributed by atoms with Crippen LogP contribution in [0.15, 0.2) is 47.4 Å². The lowest BCUT2D eigenvalue weighted by atomic mass is 10.2. The van der Waals surface area contributed by atoms with E-state index in [2.05, 4.69) is 15.0 Å². The molecule has 2 aromatic carbocycles. The predicted octanol–water partition coefficient (Wildman–Crippen LogP) is 4.28. The lowest BCUT2D eigenvalue weighted by Crippen LogP contribution is -2.14. The lowest BCUT2D eigenvalue weighted by Gasteiger charge is -2.09. The van der Waals surface area contributed by atoms with E-state index in [1.54, 1.807) is 0 Å². The highest BCUT2D eigenvalue weighted by Gasteiger charge is 2.20. The lowest BCUT2D eigenvalue weighted by molar-refractivity contribution is -0.385. The van der Waals surface area contributed by atoms with Crippen molar-refractivity contribution < 1.29 is 18.1 Å². The summed E-state index contributed by atoms with van der Waals surface area (Å²) in [6.45, 7) is 5.46. The number of hydrogen-bond acceptors (Lipinski definition) is 7. The number of rotatable bonds is 7. The molecule has 0 fully saturated rings. The molecule has 1 amide bonds. The number of anilines is 2. The van der Waals surface area contributed by atoms with E-state index in [1.165, 1.54) is 54.7 Å². The molecule has 0 spiro atoms. The fourth-order valence-electron chi connectivity index (χ4n) is 2.84. The van der Waals surface area contributed by atoms with Crippen molar-refractivity contribution >= 4 is 43.8 Å². The van der Waals surface area contributed by atoms with Gasteiger partial charge in [0.15, 0.2) is 5.13 Å². The summed E-state index contributed by atoms with van der Waals surface area (Å²) in [5, 5.41) is 14.3. The summed E-state index contributed by atoms with van der Waals surface area (Å²) in [5.41, 5.74) is 1.57. The molecule has 0 unspecified atom stereocenters. The molecule has 9 nitrogen and oxygen atoms in total. The van der Waals surface area contributed by atoms with Crippen molar-refractivity contribution in [2.75, 3.05) is 10.0 Å². The number of nitro benzene ring substituents is 1. The molecule has 1 heterocycles. The van der Waals surface area contributed by atoms with Crippen LogP contribution in [0, 0.1) is 24.0 Å². The third-order valence-electron chi connectivity index (χ3n) is 4.53. The van der Waals surface area contributed by atoms with Crippen LogP contribution in [-0.2, 0) is 16.4 Å². The van der Waals surface area contributed by atoms with E-state index in [1.807, 2.05) is 13.8 Å². The normalized spacial score (nSPS) is 11.2. The third-order valence-corrected chi connectivity index (χ3v) is 6.84. The van der Waals surface area contributed by atoms with Crippen LogP contribution in [0.2, 0.25) is 0 Å². The van der Waals surface area contributed by atoms with E-state index in [-0.39, 0.29) is 22.2 Å². The Labute approximate surface area is 183 Å². The predicted molar refractivity (Wildman–Crippen MR) is 119 cm³/mol. The van der Waals surface area contributed by atoms with Crippen molar-refractivity contribution in [3.05, 3.63) is 74.3 Å². The topological polar surface area (TPSA) is 131 Å². The Morgan fingerprint density at radius 2 is 1.84 bits per heavy atom. The number of aromatic nitrogens is 1. The van der Waals surface area contributed by atoms with Gasteiger partial charge in [-0.1, -0.05) is 13.0 Å². The molecule has 0 bridgehead atoms. The van der Waals surface area contributed by atoms with E-state index in [9.17, 15) is 23.3 Å². The molecule has 0 aliphatic rings. The summed E-state index contributed by atoms with van der Waals surface area (Å²) >= 11 is 1.39. The first-order valence-electron chi connectivity index (χ1n) is 9.26. The second-order valence-electron chi connectivity index (χ2n) is 6.72. The van der Waals surface area contributed by atoms with Gasteiger partial charge in [0.05, 0.1) is 15.5 Å². The van der Waals surface area contributed by atoms with Crippen molar-refractivity contribution in [3.63, 3.8) is 0 Å². The Morgan fingerprint density at radius 3 is 2.42 bits per heavy atom. The number of carbonyl (C=O) groups excluding carboxylic acids is 1. The van der Waals surface area contributed by atoms with Gasteiger partial charge >= 0.3 is 0 Å². The summed E-state index contributed by atoms with van der Waals surface area (Å²) in [4.78, 5) is 28.1. The maximum absolute atomic E-state index is 12.6. The number of carbonyl (C=O) groups is 1. The van der Waals surface area contributed by atoms with E-state index in [0.717, 1.165) is 23.1 Å². The van der Waals surface area contributed by atoms with Gasteiger partial charge in [-0.3, -0.25) is 24.9 Å². The van der Waals surface area contributed by atoms with E-state index < -0.39 is 14.9 Å². The second kappa shape index (κ2) is 8.82. The Hall–Kier alpha value is -3.31. The van der Waals surface area contributed by atoms with Crippen LogP contribution in [-0.4, -0.2) is 24.2 Å². The number of amides is 1. The first kappa shape index (κ1) is 22.4. The van der Waals surface area contributed by atoms with Crippen LogP contribution in [0.1, 0.15) is 33.4 Å². The van der Waals surface area contributed by atoms with Crippen LogP contribution in [0.25, 0.3) is 0 Å². The van der Waals surface area contributed by atoms with Gasteiger partial charge in [-0.25, -0.2) is 13.4 Å². The summed E-state index contributed by atoms with van der Waals surface area (Å²) in [5.74, 6) is -0.361. The van der Waals surface area contributed by atoms with Crippen molar-refractivity contribution in [1.29, 1.82) is 0 Å². The SMILES string of the molecule is CCc1nc(NC(=O)c2ccc(NS(=O)(=O)c3ccc(C)c([N+](=O)[O-])c3)cc2)sc1C. The van der Waals surface area contributed by atoms with E-state index >= 15 is 0 Å². The molecule has 2 N–H and O–H groups in total. The zero-order chi connectivity index (χ0) is 22.8. The van der Waals surface area contributed by atoms with Gasteiger partial charge in [0.25, 0.3) is 21.6 Å². The first-order chi connectivity index (χ1) is 14.6.